The molecule has 2 heterocycles. The number of rotatable bonds is 6. The van der Waals surface area contributed by atoms with E-state index in [1.54, 1.807) is 4.90 Å². The average molecular weight is 639 g/mol. The molecule has 1 spiro atoms. The zero-order valence-electron chi connectivity index (χ0n) is 22.5. The number of nitro benzene ring substituents is 2. The molecule has 3 aliphatic rings. The monoisotopic (exact) mass is 638 g/mol. The van der Waals surface area contributed by atoms with Gasteiger partial charge in [-0.15, -0.1) is 0 Å². The summed E-state index contributed by atoms with van der Waals surface area (Å²) in [7, 11) is 0. The first-order valence-corrected chi connectivity index (χ1v) is 14.4. The Morgan fingerprint density at radius 2 is 1.14 bits per heavy atom. The lowest BCUT2D eigenvalue weighted by atomic mass is 9.93. The van der Waals surface area contributed by atoms with Gasteiger partial charge in [0, 0.05) is 42.0 Å². The highest BCUT2D eigenvalue weighted by Crippen LogP contribution is 2.55. The number of halogens is 6. The summed E-state index contributed by atoms with van der Waals surface area (Å²) in [6, 6.07) is 3.45. The lowest BCUT2D eigenvalue weighted by Crippen LogP contribution is -2.35. The van der Waals surface area contributed by atoms with Crippen molar-refractivity contribution in [3.63, 3.8) is 0 Å². The van der Waals surface area contributed by atoms with Gasteiger partial charge >= 0.3 is 0 Å². The molecular weight excluding hydrogens is 615 g/mol. The second-order valence-corrected chi connectivity index (χ2v) is 12.2. The largest absolute Gasteiger partial charge is 0.367 e. The van der Waals surface area contributed by atoms with E-state index >= 15 is 17.6 Å². The topological polar surface area (TPSA) is 92.8 Å². The Balaban J connectivity index is 1.47. The number of piperidine rings is 1. The van der Waals surface area contributed by atoms with Crippen LogP contribution in [0.5, 0.6) is 0 Å². The van der Waals surface area contributed by atoms with Crippen molar-refractivity contribution in [1.29, 1.82) is 0 Å². The zero-order chi connectivity index (χ0) is 30.8. The van der Waals surface area contributed by atoms with Crippen LogP contribution < -0.4 is 9.80 Å². The minimum absolute atomic E-state index is 0.0649. The van der Waals surface area contributed by atoms with E-state index in [4.69, 9.17) is 23.2 Å². The number of benzene rings is 3. The number of anilines is 2. The minimum Gasteiger partial charge on any atom is -0.367 e. The summed E-state index contributed by atoms with van der Waals surface area (Å²) in [6.07, 6.45) is 4.01. The van der Waals surface area contributed by atoms with E-state index in [2.05, 4.69) is 0 Å². The van der Waals surface area contributed by atoms with E-state index in [0.29, 0.717) is 13.1 Å². The van der Waals surface area contributed by atoms with Crippen LogP contribution in [-0.2, 0) is 0 Å². The smallest absolute Gasteiger partial charge is 0.288 e. The quantitative estimate of drug-likeness (QED) is 0.152. The maximum absolute atomic E-state index is 15.8. The Kier molecular flexibility index (Phi) is 7.40. The predicted octanol–water partition coefficient (Wildman–Crippen LogP) is 8.83. The van der Waals surface area contributed by atoms with Crippen molar-refractivity contribution in [2.45, 2.75) is 50.6 Å². The molecule has 43 heavy (non-hydrogen) atoms. The Morgan fingerprint density at radius 3 is 1.53 bits per heavy atom. The molecular formula is C29H24Cl2F4N4O4. The maximum Gasteiger partial charge on any atom is 0.288 e. The Morgan fingerprint density at radius 1 is 0.698 bits per heavy atom. The first-order chi connectivity index (χ1) is 20.4. The van der Waals surface area contributed by atoms with Gasteiger partial charge in [-0.25, -0.2) is 17.6 Å². The van der Waals surface area contributed by atoms with Gasteiger partial charge in [0.15, 0.2) is 11.6 Å². The molecule has 1 aliphatic carbocycles. The fourth-order valence-electron chi connectivity index (χ4n) is 6.56. The number of hydrogen-bond donors (Lipinski definition) is 0. The van der Waals surface area contributed by atoms with Gasteiger partial charge in [0.2, 0.25) is 0 Å². The summed E-state index contributed by atoms with van der Waals surface area (Å²) in [5.41, 5.74) is -1.57. The van der Waals surface area contributed by atoms with Gasteiger partial charge < -0.3 is 9.80 Å². The molecule has 0 N–H and O–H groups in total. The number of nitrogens with zero attached hydrogens (tertiary/aromatic N) is 4. The van der Waals surface area contributed by atoms with Gasteiger partial charge in [-0.3, -0.25) is 20.2 Å². The molecule has 8 nitrogen and oxygen atoms in total. The third-order valence-corrected chi connectivity index (χ3v) is 9.63. The van der Waals surface area contributed by atoms with E-state index in [0.717, 1.165) is 62.1 Å². The average Bonchev–Trinajstić information content (AvgIpc) is 3.54. The van der Waals surface area contributed by atoms with Crippen LogP contribution in [0, 0.1) is 48.9 Å². The van der Waals surface area contributed by atoms with E-state index in [9.17, 15) is 20.2 Å². The molecule has 0 amide bonds. The van der Waals surface area contributed by atoms with Gasteiger partial charge in [0.05, 0.1) is 21.9 Å². The molecule has 0 radical (unpaired) electrons. The van der Waals surface area contributed by atoms with Crippen LogP contribution in [0.2, 0.25) is 10.0 Å². The molecule has 6 rings (SSSR count). The molecule has 2 saturated heterocycles. The van der Waals surface area contributed by atoms with Crippen LogP contribution in [0.1, 0.15) is 61.7 Å². The molecule has 1 saturated carbocycles. The first kappa shape index (κ1) is 29.4. The van der Waals surface area contributed by atoms with Crippen LogP contribution in [0.4, 0.5) is 40.3 Å². The second kappa shape index (κ2) is 10.8. The van der Waals surface area contributed by atoms with Crippen LogP contribution >= 0.6 is 23.2 Å². The maximum atomic E-state index is 15.8. The standard InChI is InChI=1S/C29H24Cl2F4N4O4/c30-18-13-20(32)16(11-26(18)38(40)41)24-1-2-25(17-12-27(39(42)43)19(31)14-21(17)33)37(24)15-9-22(34)28(23(35)10-15)36-7-5-29(3-4-29)6-8-36/h9-14,24-25H,1-8H2/t24-,25-/m1/s1. The van der Waals surface area contributed by atoms with Crippen LogP contribution in [0.15, 0.2) is 36.4 Å². The highest BCUT2D eigenvalue weighted by Gasteiger charge is 2.45. The van der Waals surface area contributed by atoms with Crippen molar-refractivity contribution in [3.8, 4) is 0 Å². The summed E-state index contributed by atoms with van der Waals surface area (Å²) in [6.45, 7) is 0.975. The van der Waals surface area contributed by atoms with Crippen molar-refractivity contribution < 1.29 is 27.4 Å². The lowest BCUT2D eigenvalue weighted by molar-refractivity contribution is -0.384. The fraction of sp³-hybridized carbons (Fsp3) is 0.379. The molecule has 0 bridgehead atoms. The van der Waals surface area contributed by atoms with Gasteiger partial charge in [-0.05, 0) is 68.2 Å². The Labute approximate surface area is 253 Å². The van der Waals surface area contributed by atoms with Crippen LogP contribution in [0.3, 0.4) is 0 Å². The molecule has 2 aliphatic heterocycles. The summed E-state index contributed by atoms with van der Waals surface area (Å²) < 4.78 is 62.2. The fourth-order valence-corrected chi connectivity index (χ4v) is 7.00. The predicted molar refractivity (Wildman–Crippen MR) is 153 cm³/mol. The van der Waals surface area contributed by atoms with E-state index in [-0.39, 0.29) is 40.8 Å². The minimum atomic E-state index is -1.07. The summed E-state index contributed by atoms with van der Waals surface area (Å²) in [5.74, 6) is -3.57. The zero-order valence-corrected chi connectivity index (χ0v) is 24.0. The summed E-state index contributed by atoms with van der Waals surface area (Å²) in [5, 5.41) is 22.3. The van der Waals surface area contributed by atoms with Gasteiger partial charge in [0.1, 0.15) is 27.4 Å². The van der Waals surface area contributed by atoms with E-state index in [1.807, 2.05) is 0 Å². The number of nitro groups is 2. The van der Waals surface area contributed by atoms with Crippen LogP contribution in [0.25, 0.3) is 0 Å². The lowest BCUT2D eigenvalue weighted by Gasteiger charge is -2.36. The molecule has 14 heteroatoms. The molecule has 3 aromatic rings. The Hall–Kier alpha value is -3.64. The van der Waals surface area contributed by atoms with Crippen molar-refractivity contribution >= 4 is 46.0 Å². The second-order valence-electron chi connectivity index (χ2n) is 11.4. The normalized spacial score (nSPS) is 21.0. The molecule has 0 unspecified atom stereocenters. The SMILES string of the molecule is O=[N+]([O-])c1cc([C@H]2CC[C@H](c3cc([N+](=O)[O-])c(Cl)cc3F)N2c2cc(F)c(N3CCC4(CC3)CC4)c(F)c2)c(F)cc1Cl. The van der Waals surface area contributed by atoms with Crippen molar-refractivity contribution in [1.82, 2.24) is 0 Å². The third-order valence-electron chi connectivity index (χ3n) is 9.03. The van der Waals surface area contributed by atoms with Gasteiger partial charge in [-0.1, -0.05) is 23.2 Å². The van der Waals surface area contributed by atoms with Crippen molar-refractivity contribution in [3.05, 3.63) is 101 Å². The van der Waals surface area contributed by atoms with Crippen molar-refractivity contribution in [2.24, 2.45) is 5.41 Å². The van der Waals surface area contributed by atoms with E-state index in [1.165, 1.54) is 4.90 Å². The molecule has 3 fully saturated rings. The molecule has 2 atom stereocenters. The third kappa shape index (κ3) is 5.24. The van der Waals surface area contributed by atoms with Crippen molar-refractivity contribution in [2.75, 3.05) is 22.9 Å². The first-order valence-electron chi connectivity index (χ1n) is 13.7. The van der Waals surface area contributed by atoms with Gasteiger partial charge in [0.25, 0.3) is 11.4 Å². The highest BCUT2D eigenvalue weighted by molar-refractivity contribution is 6.33. The Bertz CT molecular complexity index is 1560. The summed E-state index contributed by atoms with van der Waals surface area (Å²) >= 11 is 11.8. The van der Waals surface area contributed by atoms with E-state index < -0.39 is 66.6 Å². The van der Waals surface area contributed by atoms with Gasteiger partial charge in [-0.2, -0.15) is 0 Å². The highest BCUT2D eigenvalue weighted by atomic mass is 35.5. The molecule has 226 valence electrons. The molecule has 0 aromatic heterocycles. The van der Waals surface area contributed by atoms with Crippen LogP contribution in [-0.4, -0.2) is 22.9 Å². The molecule has 3 aromatic carbocycles. The summed E-state index contributed by atoms with van der Waals surface area (Å²) in [4.78, 5) is 24.6. The number of hydrogen-bond acceptors (Lipinski definition) is 6.